The highest BCUT2D eigenvalue weighted by molar-refractivity contribution is 5.87. The molecular weight excluding hydrogens is 712 g/mol. The van der Waals surface area contributed by atoms with Crippen LogP contribution in [0.1, 0.15) is 113 Å². The number of aliphatic hydroxyl groups excluding tert-OH is 5. The number of carbonyl (C=O) groups is 3. The van der Waals surface area contributed by atoms with Crippen molar-refractivity contribution in [3.8, 4) is 0 Å². The topological polar surface area (TPSA) is 210 Å². The molecule has 6 fully saturated rings. The van der Waals surface area contributed by atoms with E-state index < -0.39 is 83.8 Å². The number of allylic oxidation sites excluding steroid dienone is 2. The zero-order valence-corrected chi connectivity index (χ0v) is 33.5. The summed E-state index contributed by atoms with van der Waals surface area (Å²) in [6.07, 6.45) is -4.19. The number of carbonyl (C=O) groups excluding carboxylic acids is 2. The molecule has 13 nitrogen and oxygen atoms in total. The smallest absolute Gasteiger partial charge is 0.310 e. The molecule has 0 amide bonds. The van der Waals surface area contributed by atoms with E-state index >= 15 is 0 Å². The molecular formula is C42H64O13. The number of Topliss-reactive ketones (excluding diaryl/α,β-unsaturated/α-hetero) is 1. The minimum absolute atomic E-state index is 0.0190. The first-order valence-electron chi connectivity index (χ1n) is 20.5. The van der Waals surface area contributed by atoms with E-state index in [1.165, 1.54) is 5.57 Å². The van der Waals surface area contributed by atoms with E-state index in [1.807, 2.05) is 0 Å². The van der Waals surface area contributed by atoms with Crippen LogP contribution in [0.25, 0.3) is 0 Å². The van der Waals surface area contributed by atoms with E-state index in [2.05, 4.69) is 54.5 Å². The van der Waals surface area contributed by atoms with Crippen molar-refractivity contribution in [2.45, 2.75) is 168 Å². The van der Waals surface area contributed by atoms with Crippen LogP contribution in [0.5, 0.6) is 0 Å². The molecule has 0 spiro atoms. The first-order valence-corrected chi connectivity index (χ1v) is 20.5. The third-order valence-corrected chi connectivity index (χ3v) is 17.2. The van der Waals surface area contributed by atoms with Gasteiger partial charge in [-0.3, -0.25) is 14.4 Å². The Morgan fingerprint density at radius 1 is 0.818 bits per heavy atom. The summed E-state index contributed by atoms with van der Waals surface area (Å²) < 4.78 is 22.0. The molecule has 0 radical (unpaired) electrons. The van der Waals surface area contributed by atoms with E-state index in [4.69, 9.17) is 18.9 Å². The van der Waals surface area contributed by atoms with Crippen molar-refractivity contribution in [3.05, 3.63) is 11.6 Å². The first kappa shape index (κ1) is 41.2. The van der Waals surface area contributed by atoms with Gasteiger partial charge in [-0.05, 0) is 109 Å². The average molecular weight is 777 g/mol. The zero-order valence-electron chi connectivity index (χ0n) is 33.5. The van der Waals surface area contributed by atoms with Gasteiger partial charge in [0.05, 0.1) is 12.0 Å². The van der Waals surface area contributed by atoms with Crippen molar-refractivity contribution in [1.29, 1.82) is 0 Å². The summed E-state index contributed by atoms with van der Waals surface area (Å²) in [4.78, 5) is 39.2. The van der Waals surface area contributed by atoms with Gasteiger partial charge in [-0.25, -0.2) is 0 Å². The van der Waals surface area contributed by atoms with E-state index in [-0.39, 0.29) is 46.6 Å². The highest BCUT2D eigenvalue weighted by atomic mass is 16.7. The van der Waals surface area contributed by atoms with Crippen LogP contribution in [0, 0.1) is 56.2 Å². The lowest BCUT2D eigenvalue weighted by Crippen LogP contribution is -2.67. The third kappa shape index (κ3) is 6.02. The fourth-order valence-corrected chi connectivity index (χ4v) is 13.8. The maximum absolute atomic E-state index is 14.7. The number of carboxylic acids is 1. The Morgan fingerprint density at radius 2 is 1.51 bits per heavy atom. The molecule has 7 aliphatic rings. The number of hydrogen-bond donors (Lipinski definition) is 6. The molecule has 6 N–H and O–H groups in total. The summed E-state index contributed by atoms with van der Waals surface area (Å²) in [7, 11) is 0. The number of aliphatic carboxylic acids is 1. The van der Waals surface area contributed by atoms with Crippen molar-refractivity contribution >= 4 is 18.2 Å². The Bertz CT molecular complexity index is 1560. The van der Waals surface area contributed by atoms with Crippen molar-refractivity contribution in [3.63, 3.8) is 0 Å². The Hall–Kier alpha value is -1.97. The Balaban J connectivity index is 1.15. The predicted octanol–water partition coefficient (Wildman–Crippen LogP) is 3.50. The largest absolute Gasteiger partial charge is 0.481 e. The SMILES string of the molecule is CC1(C)CC[C@]2(C(=O)O)CC[C@]3(C)C(=CCC4[C@@]5(C)CC[C@@H](C(=O)[C@@H]6OC(OC=O)[C@@H](O)C(O[C@@H]7OC[C@@H](O)C(O)[C@@H]7O)[C@@H]6O)C(C)(C)C5CC[C@]43C)C2C1. The Morgan fingerprint density at radius 3 is 2.18 bits per heavy atom. The predicted molar refractivity (Wildman–Crippen MR) is 196 cm³/mol. The fraction of sp³-hybridized carbons (Fsp3) is 0.881. The van der Waals surface area contributed by atoms with E-state index in [0.717, 1.165) is 44.9 Å². The molecule has 17 atom stereocenters. The van der Waals surface area contributed by atoms with Crippen molar-refractivity contribution in [2.24, 2.45) is 56.2 Å². The number of rotatable bonds is 7. The summed E-state index contributed by atoms with van der Waals surface area (Å²) in [5.74, 6) is -1.15. The number of fused-ring (bicyclic) bond motifs is 7. The maximum Gasteiger partial charge on any atom is 0.310 e. The zero-order chi connectivity index (χ0) is 40.3. The second-order valence-electron chi connectivity index (χ2n) is 20.5. The quantitative estimate of drug-likeness (QED) is 0.162. The normalized spacial score (nSPS) is 51.6. The van der Waals surface area contributed by atoms with Gasteiger partial charge in [0.25, 0.3) is 6.47 Å². The molecule has 6 unspecified atom stereocenters. The van der Waals surface area contributed by atoms with Crippen LogP contribution >= 0.6 is 0 Å². The van der Waals surface area contributed by atoms with Gasteiger partial charge in [-0.15, -0.1) is 0 Å². The molecule has 2 aliphatic heterocycles. The van der Waals surface area contributed by atoms with Crippen molar-refractivity contribution in [1.82, 2.24) is 0 Å². The molecule has 310 valence electrons. The van der Waals surface area contributed by atoms with Crippen LogP contribution in [0.3, 0.4) is 0 Å². The number of carboxylic acid groups (broad SMARTS) is 1. The van der Waals surface area contributed by atoms with E-state index in [9.17, 15) is 45.0 Å². The van der Waals surface area contributed by atoms with Gasteiger partial charge in [-0.1, -0.05) is 60.1 Å². The molecule has 55 heavy (non-hydrogen) atoms. The second-order valence-corrected chi connectivity index (χ2v) is 20.5. The van der Waals surface area contributed by atoms with Gasteiger partial charge in [0, 0.05) is 5.92 Å². The van der Waals surface area contributed by atoms with Crippen molar-refractivity contribution < 1.29 is 64.0 Å². The average Bonchev–Trinajstić information content (AvgIpc) is 3.10. The number of ketones is 1. The summed E-state index contributed by atoms with van der Waals surface area (Å²) in [6.45, 7) is 15.7. The second kappa shape index (κ2) is 13.8. The molecule has 5 aliphatic carbocycles. The van der Waals surface area contributed by atoms with Crippen LogP contribution in [0.4, 0.5) is 0 Å². The lowest BCUT2D eigenvalue weighted by molar-refractivity contribution is -0.338. The number of ether oxygens (including phenoxy) is 4. The van der Waals surface area contributed by atoms with Crippen molar-refractivity contribution in [2.75, 3.05) is 6.61 Å². The van der Waals surface area contributed by atoms with Crippen LogP contribution < -0.4 is 0 Å². The minimum Gasteiger partial charge on any atom is -0.481 e. The molecule has 2 saturated heterocycles. The highest BCUT2D eigenvalue weighted by Gasteiger charge is 2.70. The molecule has 0 aromatic carbocycles. The van der Waals surface area contributed by atoms with E-state index in [1.54, 1.807) is 0 Å². The van der Waals surface area contributed by atoms with Gasteiger partial charge in [0.2, 0.25) is 6.29 Å². The summed E-state index contributed by atoms with van der Waals surface area (Å²) in [5, 5.41) is 64.0. The summed E-state index contributed by atoms with van der Waals surface area (Å²) >= 11 is 0. The molecule has 0 aromatic heterocycles. The molecule has 0 bridgehead atoms. The van der Waals surface area contributed by atoms with E-state index in [0.29, 0.717) is 25.2 Å². The minimum atomic E-state index is -1.77. The molecule has 7 rings (SSSR count). The molecule has 0 aromatic rings. The standard InChI is InChI=1S/C42H64O13/c1-37(2)14-16-42(36(50)51)17-15-40(6)21(23(42)18-37)8-9-26-39(5)12-10-22(38(3,4)25(39)11-13-41(26,40)7)27(45)32-30(48)33(31(49)35(54-32)53-20-43)55-34-29(47)28(46)24(44)19-52-34/h8,20,22-26,28-35,44,46-49H,9-19H2,1-7H3,(H,50,51)/t22-,23?,24+,25?,26?,28?,29-,30+,31-,32-,33?,34-,35?,39-,40+,41+,42-/m0/s1. The molecule has 4 saturated carbocycles. The Kier molecular flexibility index (Phi) is 10.3. The molecule has 2 heterocycles. The Labute approximate surface area is 324 Å². The number of aliphatic hydroxyl groups is 5. The van der Waals surface area contributed by atoms with Gasteiger partial charge in [0.15, 0.2) is 12.1 Å². The monoisotopic (exact) mass is 776 g/mol. The van der Waals surface area contributed by atoms with Crippen LogP contribution in [-0.2, 0) is 33.3 Å². The fourth-order valence-electron chi connectivity index (χ4n) is 13.8. The maximum atomic E-state index is 14.7. The highest BCUT2D eigenvalue weighted by Crippen LogP contribution is 2.76. The van der Waals surface area contributed by atoms with Crippen LogP contribution in [0.15, 0.2) is 11.6 Å². The van der Waals surface area contributed by atoms with Gasteiger partial charge in [-0.2, -0.15) is 0 Å². The molecule has 13 heteroatoms. The van der Waals surface area contributed by atoms with Gasteiger partial charge in [0.1, 0.15) is 42.7 Å². The van der Waals surface area contributed by atoms with Crippen LogP contribution in [0.2, 0.25) is 0 Å². The van der Waals surface area contributed by atoms with Gasteiger partial charge < -0.3 is 49.6 Å². The van der Waals surface area contributed by atoms with Crippen LogP contribution in [-0.4, -0.2) is 111 Å². The first-order chi connectivity index (χ1) is 25.6. The third-order valence-electron chi connectivity index (χ3n) is 17.2. The summed E-state index contributed by atoms with van der Waals surface area (Å²) in [5.41, 5.74) is -0.166. The lowest BCUT2D eigenvalue weighted by atomic mass is 9.33. The summed E-state index contributed by atoms with van der Waals surface area (Å²) in [6, 6.07) is 0. The number of hydrogen-bond acceptors (Lipinski definition) is 12. The lowest BCUT2D eigenvalue weighted by Gasteiger charge is -2.71. The van der Waals surface area contributed by atoms with Gasteiger partial charge >= 0.3 is 5.97 Å².